The summed E-state index contributed by atoms with van der Waals surface area (Å²) in [5, 5.41) is 38.5. The molecular formula is C12H24O4. The first-order valence-corrected chi connectivity index (χ1v) is 6.19. The minimum absolute atomic E-state index is 0.0336. The van der Waals surface area contributed by atoms with Crippen molar-refractivity contribution in [3.63, 3.8) is 0 Å². The zero-order valence-electron chi connectivity index (χ0n) is 9.97. The van der Waals surface area contributed by atoms with Gasteiger partial charge in [-0.25, -0.2) is 0 Å². The number of hydrogen-bond acceptors (Lipinski definition) is 4. The minimum Gasteiger partial charge on any atom is -0.396 e. The van der Waals surface area contributed by atoms with Gasteiger partial charge in [0, 0.05) is 6.61 Å². The molecule has 96 valence electrons. The lowest BCUT2D eigenvalue weighted by atomic mass is 9.73. The van der Waals surface area contributed by atoms with Gasteiger partial charge in [0.1, 0.15) is 0 Å². The SMILES string of the molecule is CC1CC(O)(C(O)CCCCO)CCC1O. The van der Waals surface area contributed by atoms with E-state index in [-0.39, 0.29) is 18.6 Å². The zero-order chi connectivity index (χ0) is 12.2. The van der Waals surface area contributed by atoms with Gasteiger partial charge in [0.15, 0.2) is 0 Å². The van der Waals surface area contributed by atoms with Crippen molar-refractivity contribution >= 4 is 0 Å². The monoisotopic (exact) mass is 232 g/mol. The Morgan fingerprint density at radius 1 is 1.38 bits per heavy atom. The fourth-order valence-corrected chi connectivity index (χ4v) is 2.50. The van der Waals surface area contributed by atoms with Crippen LogP contribution in [0.15, 0.2) is 0 Å². The van der Waals surface area contributed by atoms with Gasteiger partial charge in [-0.3, -0.25) is 0 Å². The predicted molar refractivity (Wildman–Crippen MR) is 60.9 cm³/mol. The van der Waals surface area contributed by atoms with Gasteiger partial charge in [0.05, 0.1) is 17.8 Å². The van der Waals surface area contributed by atoms with E-state index in [0.29, 0.717) is 32.1 Å². The topological polar surface area (TPSA) is 80.9 Å². The maximum atomic E-state index is 10.3. The molecule has 4 heteroatoms. The summed E-state index contributed by atoms with van der Waals surface area (Å²) in [6, 6.07) is 0. The van der Waals surface area contributed by atoms with Gasteiger partial charge in [-0.1, -0.05) is 6.92 Å². The van der Waals surface area contributed by atoms with Crippen LogP contribution in [-0.2, 0) is 0 Å². The Labute approximate surface area is 96.9 Å². The van der Waals surface area contributed by atoms with Crippen molar-refractivity contribution in [3.8, 4) is 0 Å². The second-order valence-electron chi connectivity index (χ2n) is 5.13. The van der Waals surface area contributed by atoms with E-state index in [4.69, 9.17) is 5.11 Å². The third kappa shape index (κ3) is 3.42. The van der Waals surface area contributed by atoms with E-state index in [1.165, 1.54) is 0 Å². The molecule has 0 heterocycles. The van der Waals surface area contributed by atoms with Crippen LogP contribution < -0.4 is 0 Å². The van der Waals surface area contributed by atoms with Crippen molar-refractivity contribution in [2.24, 2.45) is 5.92 Å². The maximum absolute atomic E-state index is 10.3. The standard InChI is InChI=1S/C12H24O4/c1-9-8-12(16,6-5-10(9)14)11(15)4-2-3-7-13/h9-11,13-16H,2-8H2,1H3. The van der Waals surface area contributed by atoms with Crippen LogP contribution in [-0.4, -0.2) is 44.8 Å². The summed E-state index contributed by atoms with van der Waals surface area (Å²) in [6.45, 7) is 2.02. The maximum Gasteiger partial charge on any atom is 0.0909 e. The highest BCUT2D eigenvalue weighted by Crippen LogP contribution is 2.36. The van der Waals surface area contributed by atoms with E-state index in [9.17, 15) is 15.3 Å². The summed E-state index contributed by atoms with van der Waals surface area (Å²) in [7, 11) is 0. The van der Waals surface area contributed by atoms with Gasteiger partial charge in [0.25, 0.3) is 0 Å². The molecule has 0 bridgehead atoms. The first-order chi connectivity index (χ1) is 7.49. The Morgan fingerprint density at radius 3 is 2.62 bits per heavy atom. The Morgan fingerprint density at radius 2 is 2.06 bits per heavy atom. The van der Waals surface area contributed by atoms with Crippen molar-refractivity contribution in [2.75, 3.05) is 6.61 Å². The van der Waals surface area contributed by atoms with Crippen LogP contribution >= 0.6 is 0 Å². The highest BCUT2D eigenvalue weighted by atomic mass is 16.3. The molecule has 0 radical (unpaired) electrons. The number of hydrogen-bond donors (Lipinski definition) is 4. The zero-order valence-corrected chi connectivity index (χ0v) is 9.97. The first-order valence-electron chi connectivity index (χ1n) is 6.19. The van der Waals surface area contributed by atoms with Crippen LogP contribution in [0.3, 0.4) is 0 Å². The molecule has 1 fully saturated rings. The van der Waals surface area contributed by atoms with Crippen molar-refractivity contribution in [1.82, 2.24) is 0 Å². The molecule has 1 rings (SSSR count). The Balaban J connectivity index is 2.43. The van der Waals surface area contributed by atoms with Crippen molar-refractivity contribution < 1.29 is 20.4 Å². The second-order valence-corrected chi connectivity index (χ2v) is 5.13. The van der Waals surface area contributed by atoms with E-state index in [1.54, 1.807) is 0 Å². The van der Waals surface area contributed by atoms with Gasteiger partial charge >= 0.3 is 0 Å². The fraction of sp³-hybridized carbons (Fsp3) is 1.00. The van der Waals surface area contributed by atoms with Gasteiger partial charge in [0.2, 0.25) is 0 Å². The van der Waals surface area contributed by atoms with Gasteiger partial charge in [-0.2, -0.15) is 0 Å². The molecule has 4 atom stereocenters. The van der Waals surface area contributed by atoms with Crippen molar-refractivity contribution in [3.05, 3.63) is 0 Å². The molecule has 1 aliphatic carbocycles. The number of rotatable bonds is 5. The average molecular weight is 232 g/mol. The molecule has 0 amide bonds. The largest absolute Gasteiger partial charge is 0.396 e. The van der Waals surface area contributed by atoms with Crippen molar-refractivity contribution in [2.45, 2.75) is 63.3 Å². The smallest absolute Gasteiger partial charge is 0.0909 e. The molecule has 0 aromatic rings. The lowest BCUT2D eigenvalue weighted by Gasteiger charge is -2.41. The molecule has 0 aliphatic heterocycles. The van der Waals surface area contributed by atoms with E-state index >= 15 is 0 Å². The van der Waals surface area contributed by atoms with E-state index in [2.05, 4.69) is 0 Å². The molecule has 0 aromatic heterocycles. The molecule has 0 spiro atoms. The number of unbranched alkanes of at least 4 members (excludes halogenated alkanes) is 1. The third-order valence-electron chi connectivity index (χ3n) is 3.71. The van der Waals surface area contributed by atoms with E-state index < -0.39 is 11.7 Å². The third-order valence-corrected chi connectivity index (χ3v) is 3.71. The van der Waals surface area contributed by atoms with Crippen LogP contribution in [0.5, 0.6) is 0 Å². The molecule has 1 aliphatic rings. The summed E-state index contributed by atoms with van der Waals surface area (Å²) < 4.78 is 0. The lowest BCUT2D eigenvalue weighted by Crippen LogP contribution is -2.49. The molecule has 1 saturated carbocycles. The molecular weight excluding hydrogens is 208 g/mol. The van der Waals surface area contributed by atoms with Gasteiger partial charge < -0.3 is 20.4 Å². The summed E-state index contributed by atoms with van der Waals surface area (Å²) in [5.74, 6) is 0.0336. The molecule has 0 saturated heterocycles. The normalized spacial score (nSPS) is 37.3. The number of aliphatic hydroxyl groups excluding tert-OH is 3. The van der Waals surface area contributed by atoms with Crippen LogP contribution in [0.4, 0.5) is 0 Å². The van der Waals surface area contributed by atoms with Crippen LogP contribution in [0.1, 0.15) is 45.4 Å². The van der Waals surface area contributed by atoms with Crippen LogP contribution in [0.2, 0.25) is 0 Å². The van der Waals surface area contributed by atoms with Crippen LogP contribution in [0.25, 0.3) is 0 Å². The molecule has 4 nitrogen and oxygen atoms in total. The van der Waals surface area contributed by atoms with Crippen molar-refractivity contribution in [1.29, 1.82) is 0 Å². The lowest BCUT2D eigenvalue weighted by molar-refractivity contribution is -0.131. The fourth-order valence-electron chi connectivity index (χ4n) is 2.50. The average Bonchev–Trinajstić information content (AvgIpc) is 2.24. The summed E-state index contributed by atoms with van der Waals surface area (Å²) in [5.41, 5.74) is -1.05. The number of aliphatic hydroxyl groups is 4. The molecule has 4 N–H and O–H groups in total. The quantitative estimate of drug-likeness (QED) is 0.518. The Hall–Kier alpha value is -0.160. The highest BCUT2D eigenvalue weighted by molar-refractivity contribution is 4.93. The summed E-state index contributed by atoms with van der Waals surface area (Å²) in [6.07, 6.45) is 2.25. The second kappa shape index (κ2) is 5.96. The molecule has 4 unspecified atom stereocenters. The highest BCUT2D eigenvalue weighted by Gasteiger charge is 2.41. The predicted octanol–water partition coefficient (Wildman–Crippen LogP) is 0.422. The van der Waals surface area contributed by atoms with E-state index in [1.807, 2.05) is 6.92 Å². The Bertz CT molecular complexity index is 209. The molecule has 16 heavy (non-hydrogen) atoms. The summed E-state index contributed by atoms with van der Waals surface area (Å²) >= 11 is 0. The van der Waals surface area contributed by atoms with Gasteiger partial charge in [-0.15, -0.1) is 0 Å². The Kier molecular flexibility index (Phi) is 5.18. The van der Waals surface area contributed by atoms with E-state index in [0.717, 1.165) is 6.42 Å². The van der Waals surface area contributed by atoms with Crippen LogP contribution in [0, 0.1) is 5.92 Å². The first kappa shape index (κ1) is 13.9. The van der Waals surface area contributed by atoms with Gasteiger partial charge in [-0.05, 0) is 44.4 Å². The minimum atomic E-state index is -1.05. The molecule has 0 aromatic carbocycles. The summed E-state index contributed by atoms with van der Waals surface area (Å²) in [4.78, 5) is 0.